The van der Waals surface area contributed by atoms with Crippen molar-refractivity contribution in [2.24, 2.45) is 0 Å². The molecule has 0 atom stereocenters. The summed E-state index contributed by atoms with van der Waals surface area (Å²) in [6.07, 6.45) is 3.44. The van der Waals surface area contributed by atoms with Crippen LogP contribution < -0.4 is 9.30 Å². The van der Waals surface area contributed by atoms with Crippen LogP contribution in [-0.2, 0) is 10.0 Å². The van der Waals surface area contributed by atoms with Gasteiger partial charge >= 0.3 is 11.8 Å². The average molecular weight is 387 g/mol. The molecular formula is C16H13N5O5S. The van der Waals surface area contributed by atoms with Crippen LogP contribution in [0.25, 0.3) is 10.5 Å². The molecule has 2 aromatic heterocycles. The Labute approximate surface area is 154 Å². The number of nitrogens with zero attached hydrogens (tertiary/aromatic N) is 5. The first-order valence-corrected chi connectivity index (χ1v) is 8.95. The highest BCUT2D eigenvalue weighted by atomic mass is 32.2. The van der Waals surface area contributed by atoms with Gasteiger partial charge in [-0.05, 0) is 35.1 Å². The molecule has 0 spiro atoms. The Hall–Kier alpha value is -3.60. The standard InChI is InChI=1S/C16H13N5O5S/c1-26-16-17-14(11-15(18-16)20-9-3-2-4-10-20)19-27(24,25)13-7-5-12(6-8-13)21(22)23/h2-11H,1H3. The fourth-order valence-corrected chi connectivity index (χ4v) is 3.06. The Kier molecular flexibility index (Phi) is 4.94. The van der Waals surface area contributed by atoms with Gasteiger partial charge in [-0.3, -0.25) is 10.1 Å². The van der Waals surface area contributed by atoms with Gasteiger partial charge in [-0.25, -0.2) is 13.0 Å². The number of hydrogen-bond acceptors (Lipinski definition) is 7. The van der Waals surface area contributed by atoms with Crippen LogP contribution in [0.1, 0.15) is 0 Å². The van der Waals surface area contributed by atoms with Crippen molar-refractivity contribution in [2.75, 3.05) is 7.11 Å². The van der Waals surface area contributed by atoms with E-state index in [0.29, 0.717) is 5.82 Å². The summed E-state index contributed by atoms with van der Waals surface area (Å²) >= 11 is 0. The Morgan fingerprint density at radius 2 is 1.78 bits per heavy atom. The lowest BCUT2D eigenvalue weighted by Crippen LogP contribution is -2.30. The Morgan fingerprint density at radius 1 is 1.11 bits per heavy atom. The molecule has 2 heterocycles. The predicted octanol–water partition coefficient (Wildman–Crippen LogP) is 2.06. The van der Waals surface area contributed by atoms with E-state index in [-0.39, 0.29) is 22.4 Å². The lowest BCUT2D eigenvalue weighted by Gasteiger charge is -2.15. The Balaban J connectivity index is 1.95. The summed E-state index contributed by atoms with van der Waals surface area (Å²) in [5.74, 6) is 0.228. The topological polar surface area (TPSA) is 130 Å². The molecule has 3 rings (SSSR count). The Morgan fingerprint density at radius 3 is 2.37 bits per heavy atom. The third kappa shape index (κ3) is 4.15. The fourth-order valence-electron chi connectivity index (χ4n) is 2.14. The number of sulfonamides is 1. The van der Waals surface area contributed by atoms with E-state index in [2.05, 4.69) is 14.7 Å². The van der Waals surface area contributed by atoms with Gasteiger partial charge in [0, 0.05) is 18.2 Å². The SMILES string of the molecule is COc1nc([N-]S(=O)(=O)c2ccc([N+](=O)[O-])cc2)cc(-[n+]2ccccc2)n1. The number of methoxy groups -OCH3 is 1. The summed E-state index contributed by atoms with van der Waals surface area (Å²) in [5.41, 5.74) is -0.222. The van der Waals surface area contributed by atoms with E-state index < -0.39 is 14.9 Å². The highest BCUT2D eigenvalue weighted by Crippen LogP contribution is 2.28. The van der Waals surface area contributed by atoms with Crippen molar-refractivity contribution in [1.29, 1.82) is 0 Å². The number of nitro benzene ring substituents is 1. The largest absolute Gasteiger partial charge is 0.465 e. The Bertz CT molecular complexity index is 1070. The molecule has 0 saturated heterocycles. The molecule has 0 amide bonds. The lowest BCUT2D eigenvalue weighted by molar-refractivity contribution is -0.599. The molecule has 0 unspecified atom stereocenters. The number of non-ortho nitro benzene ring substituents is 1. The van der Waals surface area contributed by atoms with E-state index >= 15 is 0 Å². The van der Waals surface area contributed by atoms with E-state index in [9.17, 15) is 18.5 Å². The minimum absolute atomic E-state index is 0.0542. The van der Waals surface area contributed by atoms with E-state index in [0.717, 1.165) is 24.3 Å². The van der Waals surface area contributed by atoms with Crippen molar-refractivity contribution in [3.05, 3.63) is 75.8 Å². The summed E-state index contributed by atoms with van der Waals surface area (Å²) in [7, 11) is -2.78. The van der Waals surface area contributed by atoms with Crippen LogP contribution >= 0.6 is 0 Å². The van der Waals surface area contributed by atoms with Gasteiger partial charge in [0.2, 0.25) is 10.0 Å². The summed E-state index contributed by atoms with van der Waals surface area (Å²) in [4.78, 5) is 18.0. The normalized spacial score (nSPS) is 11.0. The van der Waals surface area contributed by atoms with Gasteiger partial charge in [0.15, 0.2) is 0 Å². The zero-order valence-corrected chi connectivity index (χ0v) is 14.8. The number of benzene rings is 1. The molecule has 27 heavy (non-hydrogen) atoms. The summed E-state index contributed by atoms with van der Waals surface area (Å²) < 4.78 is 35.3. The molecule has 0 aliphatic heterocycles. The first-order chi connectivity index (χ1) is 12.9. The summed E-state index contributed by atoms with van der Waals surface area (Å²) in [6, 6.07) is 11.1. The molecule has 3 aromatic rings. The van der Waals surface area contributed by atoms with Crippen molar-refractivity contribution in [1.82, 2.24) is 9.97 Å². The third-order valence-electron chi connectivity index (χ3n) is 3.40. The molecule has 0 N–H and O–H groups in total. The number of ether oxygens (including phenoxy) is 1. The van der Waals surface area contributed by atoms with Gasteiger partial charge in [-0.2, -0.15) is 0 Å². The van der Waals surface area contributed by atoms with Gasteiger partial charge in [0.1, 0.15) is 0 Å². The van der Waals surface area contributed by atoms with Crippen molar-refractivity contribution in [3.8, 4) is 11.8 Å². The van der Waals surface area contributed by atoms with Crippen LogP contribution in [0.15, 0.2) is 65.8 Å². The molecule has 11 heteroatoms. The van der Waals surface area contributed by atoms with Gasteiger partial charge < -0.3 is 14.4 Å². The van der Waals surface area contributed by atoms with Crippen LogP contribution in [0.3, 0.4) is 0 Å². The smallest absolute Gasteiger partial charge is 0.331 e. The molecule has 0 saturated carbocycles. The third-order valence-corrected chi connectivity index (χ3v) is 4.70. The molecule has 0 aliphatic rings. The quantitative estimate of drug-likeness (QED) is 0.359. The highest BCUT2D eigenvalue weighted by molar-refractivity contribution is 7.94. The summed E-state index contributed by atoms with van der Waals surface area (Å²) in [6.45, 7) is 0. The van der Waals surface area contributed by atoms with E-state index in [1.54, 1.807) is 29.1 Å². The van der Waals surface area contributed by atoms with Gasteiger partial charge in [-0.1, -0.05) is 6.07 Å². The molecular weight excluding hydrogens is 374 g/mol. The molecule has 138 valence electrons. The van der Waals surface area contributed by atoms with Crippen LogP contribution in [0.4, 0.5) is 11.5 Å². The number of aromatic nitrogens is 3. The van der Waals surface area contributed by atoms with E-state index in [1.807, 2.05) is 6.07 Å². The van der Waals surface area contributed by atoms with Gasteiger partial charge in [-0.15, -0.1) is 0 Å². The molecule has 0 bridgehead atoms. The maximum atomic E-state index is 12.5. The molecule has 1 aromatic carbocycles. The zero-order valence-electron chi connectivity index (χ0n) is 14.0. The molecule has 0 fully saturated rings. The predicted molar refractivity (Wildman–Crippen MR) is 93.4 cm³/mol. The zero-order chi connectivity index (χ0) is 19.4. The van der Waals surface area contributed by atoms with Crippen molar-refractivity contribution < 1.29 is 22.6 Å². The minimum atomic E-state index is -4.13. The molecule has 0 aliphatic carbocycles. The number of pyridine rings is 1. The van der Waals surface area contributed by atoms with Crippen molar-refractivity contribution in [3.63, 3.8) is 0 Å². The fraction of sp³-hybridized carbons (Fsp3) is 0.0625. The highest BCUT2D eigenvalue weighted by Gasteiger charge is 2.15. The molecule has 10 nitrogen and oxygen atoms in total. The first kappa shape index (κ1) is 18.2. The second-order valence-electron chi connectivity index (χ2n) is 5.17. The van der Waals surface area contributed by atoms with Crippen molar-refractivity contribution >= 4 is 21.5 Å². The van der Waals surface area contributed by atoms with Gasteiger partial charge in [0.25, 0.3) is 5.69 Å². The second-order valence-corrected chi connectivity index (χ2v) is 6.78. The number of hydrogen-bond donors (Lipinski definition) is 0. The molecule has 0 radical (unpaired) electrons. The van der Waals surface area contributed by atoms with E-state index in [1.165, 1.54) is 13.2 Å². The first-order valence-electron chi connectivity index (χ1n) is 7.51. The van der Waals surface area contributed by atoms with Crippen LogP contribution in [0.5, 0.6) is 6.01 Å². The van der Waals surface area contributed by atoms with E-state index in [4.69, 9.17) is 4.74 Å². The van der Waals surface area contributed by atoms with Crippen molar-refractivity contribution in [2.45, 2.75) is 4.90 Å². The van der Waals surface area contributed by atoms with Crippen LogP contribution in [-0.4, -0.2) is 30.4 Å². The number of rotatable bonds is 6. The second kappa shape index (κ2) is 7.33. The number of nitro groups is 1. The minimum Gasteiger partial charge on any atom is -0.465 e. The maximum absolute atomic E-state index is 12.5. The van der Waals surface area contributed by atoms with Crippen LogP contribution in [0, 0.1) is 10.1 Å². The average Bonchev–Trinajstić information content (AvgIpc) is 2.68. The maximum Gasteiger partial charge on any atom is 0.331 e. The lowest BCUT2D eigenvalue weighted by atomic mass is 10.3. The van der Waals surface area contributed by atoms with Gasteiger partial charge in [0.05, 0.1) is 29.3 Å². The monoisotopic (exact) mass is 387 g/mol. The van der Waals surface area contributed by atoms with Crippen LogP contribution in [0.2, 0.25) is 0 Å². The summed E-state index contributed by atoms with van der Waals surface area (Å²) in [5, 5.41) is 10.7.